The van der Waals surface area contributed by atoms with E-state index in [0.29, 0.717) is 0 Å². The Morgan fingerprint density at radius 2 is 1.89 bits per heavy atom. The molecule has 0 radical (unpaired) electrons. The summed E-state index contributed by atoms with van der Waals surface area (Å²) in [5, 5.41) is 0. The van der Waals surface area contributed by atoms with E-state index in [1.807, 2.05) is 12.2 Å². The summed E-state index contributed by atoms with van der Waals surface area (Å²) >= 11 is 0. The Balaban J connectivity index is 2.43. The summed E-state index contributed by atoms with van der Waals surface area (Å²) in [4.78, 5) is 0. The van der Waals surface area contributed by atoms with E-state index in [0.717, 1.165) is 12.5 Å². The zero-order valence-corrected chi connectivity index (χ0v) is 5.77. The Morgan fingerprint density at radius 3 is 2.89 bits per heavy atom. The molecule has 1 aliphatic rings. The van der Waals surface area contributed by atoms with Crippen molar-refractivity contribution in [3.63, 3.8) is 0 Å². The smallest absolute Gasteiger partial charge is 0.0576 e. The maximum atomic E-state index is 7.42. The van der Waals surface area contributed by atoms with E-state index in [9.17, 15) is 0 Å². The summed E-state index contributed by atoms with van der Waals surface area (Å²) in [5.74, 6) is 0. The van der Waals surface area contributed by atoms with Crippen molar-refractivity contribution >= 4 is 0 Å². The van der Waals surface area contributed by atoms with Gasteiger partial charge in [0.15, 0.2) is 0 Å². The first-order valence-electron chi connectivity index (χ1n) is 4.22. The fourth-order valence-electron chi connectivity index (χ4n) is 0.982. The average Bonchev–Trinajstić information content (AvgIpc) is 2.02. The Kier molecular flexibility index (Phi) is 2.56. The van der Waals surface area contributed by atoms with E-state index in [-0.39, 0.29) is 0 Å². The summed E-state index contributed by atoms with van der Waals surface area (Å²) < 4.78 is 7.42. The fourth-order valence-corrected chi connectivity index (χ4v) is 0.982. The Morgan fingerprint density at radius 1 is 1.00 bits per heavy atom. The molecule has 9 heavy (non-hydrogen) atoms. The normalized spacial score (nSPS) is 32.4. The zero-order chi connectivity index (χ0) is 7.23. The van der Waals surface area contributed by atoms with Gasteiger partial charge in [0.05, 0.1) is 1.37 Å². The number of hydrogen-bond donors (Lipinski definition) is 0. The lowest BCUT2D eigenvalue weighted by molar-refractivity contribution is 0.698. The zero-order valence-electron chi connectivity index (χ0n) is 6.77. The van der Waals surface area contributed by atoms with Crippen LogP contribution in [0.3, 0.4) is 0 Å². The monoisotopic (exact) mass is 123 g/mol. The Bertz CT molecular complexity index is 145. The molecule has 0 aromatic rings. The van der Waals surface area contributed by atoms with Crippen LogP contribution < -0.4 is 0 Å². The lowest BCUT2D eigenvalue weighted by Crippen LogP contribution is -1.72. The third-order valence-electron chi connectivity index (χ3n) is 1.54. The standard InChI is InChI=1S/C9H14/c1-2-4-6-8-9-7-5-3-1/h1-4H,5-9H2/b3-1-,4-2-/i3D. The minimum Gasteiger partial charge on any atom is -0.0845 e. The van der Waals surface area contributed by atoms with E-state index in [1.165, 1.54) is 25.7 Å². The van der Waals surface area contributed by atoms with Crippen LogP contribution in [0.25, 0.3) is 0 Å². The molecule has 1 aliphatic carbocycles. The molecule has 0 atom stereocenters. The van der Waals surface area contributed by atoms with Crippen molar-refractivity contribution in [3.8, 4) is 0 Å². The van der Waals surface area contributed by atoms with Gasteiger partial charge in [-0.15, -0.1) is 0 Å². The van der Waals surface area contributed by atoms with E-state index in [1.54, 1.807) is 0 Å². The third-order valence-corrected chi connectivity index (χ3v) is 1.54. The van der Waals surface area contributed by atoms with Gasteiger partial charge in [-0.3, -0.25) is 0 Å². The van der Waals surface area contributed by atoms with Crippen LogP contribution in [0.5, 0.6) is 0 Å². The molecule has 0 N–H and O–H groups in total. The predicted molar refractivity (Wildman–Crippen MR) is 41.4 cm³/mol. The lowest BCUT2D eigenvalue weighted by Gasteiger charge is -1.91. The van der Waals surface area contributed by atoms with Crippen LogP contribution in [-0.2, 0) is 0 Å². The van der Waals surface area contributed by atoms with Gasteiger partial charge in [-0.05, 0) is 25.7 Å². The minimum absolute atomic E-state index is 0.776. The largest absolute Gasteiger partial charge is 0.0845 e. The number of allylic oxidation sites excluding steroid dienone is 4. The maximum absolute atomic E-state index is 7.42. The van der Waals surface area contributed by atoms with Gasteiger partial charge in [0, 0.05) is 0 Å². The predicted octanol–water partition coefficient (Wildman–Crippen LogP) is 3.06. The molecule has 0 nitrogen and oxygen atoms in total. The molecule has 0 saturated carbocycles. The number of rotatable bonds is 0. The van der Waals surface area contributed by atoms with Gasteiger partial charge < -0.3 is 0 Å². The van der Waals surface area contributed by atoms with Gasteiger partial charge in [0.1, 0.15) is 0 Å². The first-order chi connectivity index (χ1) is 4.89. The van der Waals surface area contributed by atoms with E-state index >= 15 is 0 Å². The van der Waals surface area contributed by atoms with Crippen molar-refractivity contribution in [1.29, 1.82) is 0 Å². The highest BCUT2D eigenvalue weighted by Crippen LogP contribution is 2.06. The van der Waals surface area contributed by atoms with Gasteiger partial charge in [-0.1, -0.05) is 30.7 Å². The Labute approximate surface area is 58.7 Å². The molecule has 0 aromatic heterocycles. The van der Waals surface area contributed by atoms with Gasteiger partial charge >= 0.3 is 0 Å². The van der Waals surface area contributed by atoms with Crippen molar-refractivity contribution < 1.29 is 1.37 Å². The van der Waals surface area contributed by atoms with Crippen LogP contribution in [0, 0.1) is 0 Å². The average molecular weight is 123 g/mol. The molecule has 0 spiro atoms. The van der Waals surface area contributed by atoms with Gasteiger partial charge in [0.25, 0.3) is 0 Å². The minimum atomic E-state index is 0.776. The molecule has 0 amide bonds. The fraction of sp³-hybridized carbons (Fsp3) is 0.556. The molecule has 0 aliphatic heterocycles. The summed E-state index contributed by atoms with van der Waals surface area (Å²) in [6.07, 6.45) is 12.0. The van der Waals surface area contributed by atoms with Crippen LogP contribution >= 0.6 is 0 Å². The summed E-state index contributed by atoms with van der Waals surface area (Å²) in [7, 11) is 0. The van der Waals surface area contributed by atoms with Crippen LogP contribution in [0.15, 0.2) is 24.3 Å². The van der Waals surface area contributed by atoms with Gasteiger partial charge in [-0.2, -0.15) is 0 Å². The lowest BCUT2D eigenvalue weighted by atomic mass is 10.1. The van der Waals surface area contributed by atoms with Gasteiger partial charge in [0.2, 0.25) is 0 Å². The molecule has 0 heteroatoms. The molecule has 0 saturated heterocycles. The van der Waals surface area contributed by atoms with E-state index in [4.69, 9.17) is 1.37 Å². The molecule has 0 unspecified atom stereocenters. The summed E-state index contributed by atoms with van der Waals surface area (Å²) in [5.41, 5.74) is 0. The van der Waals surface area contributed by atoms with Crippen molar-refractivity contribution in [2.24, 2.45) is 0 Å². The molecule has 0 fully saturated rings. The van der Waals surface area contributed by atoms with Crippen molar-refractivity contribution in [2.45, 2.75) is 32.1 Å². The molecule has 0 heterocycles. The highest BCUT2D eigenvalue weighted by atomic mass is 13.9. The molecule has 0 aromatic carbocycles. The SMILES string of the molecule is [2H]/C1=C/C=C\CCCCC1. The van der Waals surface area contributed by atoms with Crippen LogP contribution in [0.4, 0.5) is 0 Å². The van der Waals surface area contributed by atoms with Crippen molar-refractivity contribution in [2.75, 3.05) is 0 Å². The first kappa shape index (κ1) is 5.28. The van der Waals surface area contributed by atoms with E-state index < -0.39 is 0 Å². The third kappa shape index (κ3) is 3.12. The molecular formula is C9H14. The highest BCUT2D eigenvalue weighted by molar-refractivity contribution is 5.02. The van der Waals surface area contributed by atoms with Crippen molar-refractivity contribution in [1.82, 2.24) is 0 Å². The second-order valence-corrected chi connectivity index (χ2v) is 2.40. The quantitative estimate of drug-likeness (QED) is 0.464. The maximum Gasteiger partial charge on any atom is 0.0576 e. The second kappa shape index (κ2) is 4.37. The van der Waals surface area contributed by atoms with E-state index in [2.05, 4.69) is 6.08 Å². The van der Waals surface area contributed by atoms with Crippen LogP contribution in [0.1, 0.15) is 33.5 Å². The molecule has 50 valence electrons. The highest BCUT2D eigenvalue weighted by Gasteiger charge is 1.86. The van der Waals surface area contributed by atoms with Gasteiger partial charge in [-0.25, -0.2) is 0 Å². The topological polar surface area (TPSA) is 0 Å². The first-order valence-corrected chi connectivity index (χ1v) is 3.72. The van der Waals surface area contributed by atoms with Crippen LogP contribution in [0.2, 0.25) is 0 Å². The van der Waals surface area contributed by atoms with Crippen LogP contribution in [-0.4, -0.2) is 0 Å². The van der Waals surface area contributed by atoms with Crippen molar-refractivity contribution in [3.05, 3.63) is 24.3 Å². The Hall–Kier alpha value is -0.520. The number of hydrogen-bond acceptors (Lipinski definition) is 0. The summed E-state index contributed by atoms with van der Waals surface area (Å²) in [6.45, 7) is 0. The molecule has 0 bridgehead atoms. The molecule has 1 rings (SSSR count). The second-order valence-electron chi connectivity index (χ2n) is 2.40. The summed E-state index contributed by atoms with van der Waals surface area (Å²) in [6, 6.07) is 0.776. The molecular weight excluding hydrogens is 108 g/mol.